The molecule has 0 aliphatic heterocycles. The van der Waals surface area contributed by atoms with E-state index in [4.69, 9.17) is 10.8 Å². The minimum atomic E-state index is -0.908. The Hall–Kier alpha value is -2.48. The van der Waals surface area contributed by atoms with Gasteiger partial charge in [-0.25, -0.2) is 4.39 Å². The lowest BCUT2D eigenvalue weighted by atomic mass is 10.2. The molecule has 2 aromatic rings. The molecule has 0 bridgehead atoms. The van der Waals surface area contributed by atoms with E-state index in [1.54, 1.807) is 12.3 Å². The topological polar surface area (TPSA) is 106 Å². The lowest BCUT2D eigenvalue weighted by Crippen LogP contribution is -2.28. The van der Waals surface area contributed by atoms with Crippen LogP contribution in [0.25, 0.3) is 0 Å². The zero-order valence-electron chi connectivity index (χ0n) is 11.2. The summed E-state index contributed by atoms with van der Waals surface area (Å²) in [4.78, 5) is 11.6. The lowest BCUT2D eigenvalue weighted by molar-refractivity contribution is -0.118. The van der Waals surface area contributed by atoms with Crippen LogP contribution in [0.15, 0.2) is 30.5 Å². The Bertz CT molecular complexity index is 616. The van der Waals surface area contributed by atoms with Crippen LogP contribution < -0.4 is 11.1 Å². The third kappa shape index (κ3) is 3.99. The van der Waals surface area contributed by atoms with Crippen LogP contribution in [0.4, 0.5) is 10.1 Å². The third-order valence-corrected chi connectivity index (χ3v) is 2.82. The summed E-state index contributed by atoms with van der Waals surface area (Å²) in [6, 6.07) is 4.79. The summed E-state index contributed by atoms with van der Waals surface area (Å²) < 4.78 is 14.7. The second-order valence-corrected chi connectivity index (χ2v) is 4.47. The van der Waals surface area contributed by atoms with Gasteiger partial charge < -0.3 is 16.2 Å². The molecule has 2 rings (SSSR count). The van der Waals surface area contributed by atoms with Crippen LogP contribution >= 0.6 is 0 Å². The molecule has 0 aliphatic carbocycles. The van der Waals surface area contributed by atoms with Crippen LogP contribution in [0.1, 0.15) is 18.2 Å². The number of aliphatic hydroxyl groups excluding tert-OH is 1. The van der Waals surface area contributed by atoms with Gasteiger partial charge in [-0.15, -0.1) is 5.10 Å². The van der Waals surface area contributed by atoms with Crippen LogP contribution in [0.5, 0.6) is 0 Å². The first kappa shape index (κ1) is 14.9. The predicted octanol–water partition coefficient (Wildman–Crippen LogP) is 0.438. The molecular formula is C13H16FN5O2. The predicted molar refractivity (Wildman–Crippen MR) is 73.7 cm³/mol. The molecule has 0 fully saturated rings. The van der Waals surface area contributed by atoms with Crippen molar-refractivity contribution in [1.82, 2.24) is 15.0 Å². The second-order valence-electron chi connectivity index (χ2n) is 4.47. The number of carbonyl (C=O) groups is 1. The van der Waals surface area contributed by atoms with Gasteiger partial charge in [-0.05, 0) is 24.6 Å². The minimum absolute atomic E-state index is 0.0377. The monoisotopic (exact) mass is 293 g/mol. The molecule has 0 saturated carbocycles. The van der Waals surface area contributed by atoms with E-state index >= 15 is 0 Å². The summed E-state index contributed by atoms with van der Waals surface area (Å²) in [7, 11) is 0. The molecule has 0 aliphatic rings. The number of nitrogens with two attached hydrogens (primary N) is 1. The maximum absolute atomic E-state index is 13.2. The van der Waals surface area contributed by atoms with Crippen molar-refractivity contribution in [2.75, 3.05) is 11.9 Å². The Morgan fingerprint density at radius 3 is 3.00 bits per heavy atom. The first-order valence-electron chi connectivity index (χ1n) is 6.42. The highest BCUT2D eigenvalue weighted by molar-refractivity contribution is 5.83. The average molecular weight is 293 g/mol. The number of nitrogens with zero attached hydrogens (tertiary/aromatic N) is 3. The highest BCUT2D eigenvalue weighted by Gasteiger charge is 2.21. The Balaban J connectivity index is 2.15. The van der Waals surface area contributed by atoms with Crippen molar-refractivity contribution in [3.63, 3.8) is 0 Å². The van der Waals surface area contributed by atoms with Gasteiger partial charge in [0.1, 0.15) is 11.5 Å². The van der Waals surface area contributed by atoms with Crippen molar-refractivity contribution >= 4 is 11.6 Å². The summed E-state index contributed by atoms with van der Waals surface area (Å²) in [5, 5.41) is 19.3. The molecule has 4 N–H and O–H groups in total. The first-order chi connectivity index (χ1) is 10.1. The maximum Gasteiger partial charge on any atom is 0.246 e. The van der Waals surface area contributed by atoms with Gasteiger partial charge in [0.15, 0.2) is 6.04 Å². The Labute approximate surface area is 120 Å². The van der Waals surface area contributed by atoms with Gasteiger partial charge in [0.2, 0.25) is 5.91 Å². The van der Waals surface area contributed by atoms with Crippen molar-refractivity contribution in [2.45, 2.75) is 19.0 Å². The van der Waals surface area contributed by atoms with E-state index in [0.29, 0.717) is 24.3 Å². The van der Waals surface area contributed by atoms with Gasteiger partial charge in [0.05, 0.1) is 6.20 Å². The van der Waals surface area contributed by atoms with E-state index in [1.807, 2.05) is 0 Å². The molecule has 1 unspecified atom stereocenters. The number of benzene rings is 1. The second kappa shape index (κ2) is 6.80. The zero-order valence-corrected chi connectivity index (χ0v) is 11.2. The van der Waals surface area contributed by atoms with Crippen molar-refractivity contribution < 1.29 is 14.3 Å². The summed E-state index contributed by atoms with van der Waals surface area (Å²) >= 11 is 0. The van der Waals surface area contributed by atoms with Gasteiger partial charge in [0, 0.05) is 18.8 Å². The van der Waals surface area contributed by atoms with Gasteiger partial charge in [-0.1, -0.05) is 11.3 Å². The molecule has 7 nitrogen and oxygen atoms in total. The molecule has 8 heteroatoms. The summed E-state index contributed by atoms with van der Waals surface area (Å²) in [5.41, 5.74) is 6.11. The molecule has 1 heterocycles. The van der Waals surface area contributed by atoms with Crippen molar-refractivity contribution in [2.24, 2.45) is 5.73 Å². The van der Waals surface area contributed by atoms with E-state index < -0.39 is 17.8 Å². The van der Waals surface area contributed by atoms with Gasteiger partial charge in [-0.2, -0.15) is 0 Å². The highest BCUT2D eigenvalue weighted by Crippen LogP contribution is 2.18. The number of aliphatic hydroxyl groups is 1. The van der Waals surface area contributed by atoms with Crippen LogP contribution in [-0.2, 0) is 11.3 Å². The Morgan fingerprint density at radius 1 is 1.52 bits per heavy atom. The molecule has 0 radical (unpaired) electrons. The van der Waals surface area contributed by atoms with E-state index in [-0.39, 0.29) is 6.61 Å². The van der Waals surface area contributed by atoms with Crippen LogP contribution in [0.3, 0.4) is 0 Å². The van der Waals surface area contributed by atoms with E-state index in [1.165, 1.54) is 22.9 Å². The highest BCUT2D eigenvalue weighted by atomic mass is 19.1. The number of halogens is 1. The third-order valence-electron chi connectivity index (χ3n) is 2.82. The van der Waals surface area contributed by atoms with Crippen molar-refractivity contribution in [3.8, 4) is 0 Å². The summed E-state index contributed by atoms with van der Waals surface area (Å²) in [6.45, 7) is 0.519. The fourth-order valence-corrected chi connectivity index (χ4v) is 1.82. The smallest absolute Gasteiger partial charge is 0.246 e. The number of anilines is 1. The normalized spacial score (nSPS) is 12.1. The van der Waals surface area contributed by atoms with Gasteiger partial charge >= 0.3 is 0 Å². The Kier molecular flexibility index (Phi) is 4.83. The molecule has 112 valence electrons. The first-order valence-corrected chi connectivity index (χ1v) is 6.42. The standard InChI is InChI=1S/C13H16FN5O2/c14-9-3-1-4-10(7-9)16-12(13(15)21)11-8-19(18-17-11)5-2-6-20/h1,3-4,7-8,12,16,20H,2,5-6H2,(H2,15,21). The largest absolute Gasteiger partial charge is 0.396 e. The number of amides is 1. The van der Waals surface area contributed by atoms with Crippen LogP contribution in [0, 0.1) is 5.82 Å². The number of carbonyl (C=O) groups excluding carboxylic acids is 1. The molecular weight excluding hydrogens is 277 g/mol. The molecule has 1 atom stereocenters. The molecule has 1 aromatic heterocycles. The van der Waals surface area contributed by atoms with E-state index in [0.717, 1.165) is 0 Å². The number of aromatic nitrogens is 3. The Morgan fingerprint density at radius 2 is 2.33 bits per heavy atom. The van der Waals surface area contributed by atoms with Gasteiger partial charge in [-0.3, -0.25) is 9.48 Å². The van der Waals surface area contributed by atoms with E-state index in [2.05, 4.69) is 15.6 Å². The maximum atomic E-state index is 13.2. The fraction of sp³-hybridized carbons (Fsp3) is 0.308. The van der Waals surface area contributed by atoms with E-state index in [9.17, 15) is 9.18 Å². The van der Waals surface area contributed by atoms with Gasteiger partial charge in [0.25, 0.3) is 0 Å². The number of hydrogen-bond acceptors (Lipinski definition) is 5. The molecule has 1 amide bonds. The van der Waals surface area contributed by atoms with Crippen LogP contribution in [-0.4, -0.2) is 32.6 Å². The SMILES string of the molecule is NC(=O)C(Nc1cccc(F)c1)c1cn(CCCO)nn1. The summed E-state index contributed by atoms with van der Waals surface area (Å²) in [6.07, 6.45) is 2.10. The number of rotatable bonds is 7. The fourth-order valence-electron chi connectivity index (χ4n) is 1.82. The molecule has 0 saturated heterocycles. The molecule has 0 spiro atoms. The average Bonchev–Trinajstić information content (AvgIpc) is 2.91. The molecule has 1 aromatic carbocycles. The zero-order chi connectivity index (χ0) is 15.2. The molecule has 21 heavy (non-hydrogen) atoms. The number of hydrogen-bond donors (Lipinski definition) is 3. The van der Waals surface area contributed by atoms with Crippen molar-refractivity contribution in [1.29, 1.82) is 0 Å². The van der Waals surface area contributed by atoms with Crippen LogP contribution in [0.2, 0.25) is 0 Å². The number of aryl methyl sites for hydroxylation is 1. The number of nitrogens with one attached hydrogen (secondary N) is 1. The minimum Gasteiger partial charge on any atom is -0.396 e. The quantitative estimate of drug-likeness (QED) is 0.686. The summed E-state index contributed by atoms with van der Waals surface area (Å²) in [5.74, 6) is -1.07. The number of primary amides is 1. The lowest BCUT2D eigenvalue weighted by Gasteiger charge is -2.14. The van der Waals surface area contributed by atoms with Crippen molar-refractivity contribution in [3.05, 3.63) is 42.0 Å².